The standard InChI is InChI=1S/C27H32N4O3S.C2HF3O2/c1-4-35(33,34)31-7-5-20(6-8-31)25-16-30-26-23(25)13-22(14-24(26)27(29)32)21-11-18(9-17(2)3)10-19(12-21)15-28;3-2(4,5)1(6)7/h10-14,16-17,20,30H,4-9H2,1-3H3,(H2,29,32);(H,6,7). The number of nitrogens with two attached hydrogens (primary N) is 1. The summed E-state index contributed by atoms with van der Waals surface area (Å²) >= 11 is 0. The molecule has 0 bridgehead atoms. The molecule has 13 heteroatoms. The lowest BCUT2D eigenvalue weighted by Gasteiger charge is -2.31. The number of aromatic amines is 1. The first kappa shape index (κ1) is 32.6. The number of fused-ring (bicyclic) bond motifs is 1. The van der Waals surface area contributed by atoms with Crippen molar-refractivity contribution < 1.29 is 36.3 Å². The van der Waals surface area contributed by atoms with Gasteiger partial charge in [-0.3, -0.25) is 4.79 Å². The molecule has 4 N–H and O–H groups in total. The minimum atomic E-state index is -5.08. The summed E-state index contributed by atoms with van der Waals surface area (Å²) in [5, 5.41) is 17.6. The highest BCUT2D eigenvalue weighted by Gasteiger charge is 2.38. The summed E-state index contributed by atoms with van der Waals surface area (Å²) in [6.45, 7) is 6.91. The zero-order chi connectivity index (χ0) is 31.4. The summed E-state index contributed by atoms with van der Waals surface area (Å²) in [5.74, 6) is -2.55. The third-order valence-corrected chi connectivity index (χ3v) is 8.96. The zero-order valence-electron chi connectivity index (χ0n) is 23.5. The third kappa shape index (κ3) is 7.68. The molecule has 1 aliphatic heterocycles. The van der Waals surface area contributed by atoms with Gasteiger partial charge in [-0.25, -0.2) is 17.5 Å². The van der Waals surface area contributed by atoms with E-state index in [4.69, 9.17) is 15.6 Å². The smallest absolute Gasteiger partial charge is 0.475 e. The monoisotopic (exact) mass is 606 g/mol. The van der Waals surface area contributed by atoms with Crippen LogP contribution in [-0.4, -0.2) is 59.7 Å². The lowest BCUT2D eigenvalue weighted by molar-refractivity contribution is -0.192. The number of piperidine rings is 1. The van der Waals surface area contributed by atoms with Crippen molar-refractivity contribution in [2.45, 2.75) is 52.1 Å². The number of sulfonamides is 1. The SMILES string of the molecule is CCS(=O)(=O)N1CCC(c2c[nH]c3c(C(N)=O)cc(-c4cc(C#N)cc(CC(C)C)c4)cc23)CC1.O=C(O)C(F)(F)F. The third-order valence-electron chi connectivity index (χ3n) is 7.08. The van der Waals surface area contributed by atoms with Crippen molar-refractivity contribution in [2.75, 3.05) is 18.8 Å². The van der Waals surface area contributed by atoms with E-state index in [0.717, 1.165) is 34.1 Å². The number of H-pyrrole nitrogens is 1. The predicted molar refractivity (Wildman–Crippen MR) is 152 cm³/mol. The van der Waals surface area contributed by atoms with Crippen molar-refractivity contribution in [1.29, 1.82) is 5.26 Å². The maximum absolute atomic E-state index is 12.4. The van der Waals surface area contributed by atoms with Crippen LogP contribution in [0.4, 0.5) is 13.2 Å². The molecule has 3 aromatic rings. The van der Waals surface area contributed by atoms with Crippen LogP contribution in [0.1, 0.15) is 66.6 Å². The Kier molecular flexibility index (Phi) is 10.1. The van der Waals surface area contributed by atoms with Gasteiger partial charge < -0.3 is 15.8 Å². The first-order chi connectivity index (χ1) is 19.6. The second-order valence-corrected chi connectivity index (χ2v) is 12.8. The van der Waals surface area contributed by atoms with Crippen LogP contribution in [0.15, 0.2) is 36.5 Å². The number of primary amides is 1. The summed E-state index contributed by atoms with van der Waals surface area (Å²) in [5.41, 5.74) is 11.3. The molecule has 1 amide bonds. The highest BCUT2D eigenvalue weighted by atomic mass is 32.2. The fourth-order valence-electron chi connectivity index (χ4n) is 5.09. The molecule has 2 heterocycles. The molecule has 4 rings (SSSR count). The van der Waals surface area contributed by atoms with Gasteiger partial charge >= 0.3 is 12.1 Å². The van der Waals surface area contributed by atoms with E-state index in [9.17, 15) is 31.6 Å². The van der Waals surface area contributed by atoms with Gasteiger partial charge in [0.05, 0.1) is 28.5 Å². The molecule has 42 heavy (non-hydrogen) atoms. The number of alkyl halides is 3. The number of carboxylic acids is 1. The molecular weight excluding hydrogens is 573 g/mol. The fraction of sp³-hybridized carbons (Fsp3) is 0.414. The quantitative estimate of drug-likeness (QED) is 0.337. The Morgan fingerprint density at radius 2 is 1.74 bits per heavy atom. The molecule has 0 aliphatic carbocycles. The van der Waals surface area contributed by atoms with Crippen LogP contribution in [0.5, 0.6) is 0 Å². The first-order valence-electron chi connectivity index (χ1n) is 13.3. The van der Waals surface area contributed by atoms with Crippen molar-refractivity contribution in [3.8, 4) is 17.2 Å². The minimum absolute atomic E-state index is 0.108. The van der Waals surface area contributed by atoms with Crippen LogP contribution < -0.4 is 5.73 Å². The second kappa shape index (κ2) is 13.0. The predicted octanol–water partition coefficient (Wildman–Crippen LogP) is 5.17. The minimum Gasteiger partial charge on any atom is -0.475 e. The van der Waals surface area contributed by atoms with Crippen LogP contribution in [-0.2, 0) is 21.2 Å². The van der Waals surface area contributed by atoms with Gasteiger partial charge in [0, 0.05) is 24.7 Å². The Labute approximate surface area is 242 Å². The molecule has 0 unspecified atom stereocenters. The molecular formula is C29H33F3N4O5S. The van der Waals surface area contributed by atoms with Gasteiger partial charge in [-0.2, -0.15) is 18.4 Å². The van der Waals surface area contributed by atoms with E-state index in [2.05, 4.69) is 37.0 Å². The van der Waals surface area contributed by atoms with Crippen LogP contribution in [0.25, 0.3) is 22.0 Å². The van der Waals surface area contributed by atoms with E-state index >= 15 is 0 Å². The molecule has 1 aromatic heterocycles. The zero-order valence-corrected chi connectivity index (χ0v) is 24.3. The lowest BCUT2D eigenvalue weighted by Crippen LogP contribution is -2.38. The highest BCUT2D eigenvalue weighted by Crippen LogP contribution is 2.37. The maximum atomic E-state index is 12.4. The summed E-state index contributed by atoms with van der Waals surface area (Å²) in [6.07, 6.45) is -0.886. The number of nitriles is 1. The number of nitrogens with zero attached hydrogens (tertiary/aromatic N) is 2. The van der Waals surface area contributed by atoms with Crippen LogP contribution in [0, 0.1) is 17.2 Å². The van der Waals surface area contributed by atoms with Crippen molar-refractivity contribution >= 4 is 32.8 Å². The van der Waals surface area contributed by atoms with E-state index in [1.165, 1.54) is 0 Å². The van der Waals surface area contributed by atoms with Crippen molar-refractivity contribution in [1.82, 2.24) is 9.29 Å². The van der Waals surface area contributed by atoms with E-state index in [1.54, 1.807) is 17.3 Å². The number of aromatic nitrogens is 1. The Hall–Kier alpha value is -3.89. The Morgan fingerprint density at radius 3 is 2.24 bits per heavy atom. The molecule has 0 saturated carbocycles. The molecule has 1 aliphatic rings. The number of amides is 1. The van der Waals surface area contributed by atoms with Gasteiger partial charge in [0.15, 0.2) is 0 Å². The van der Waals surface area contributed by atoms with E-state index in [1.807, 2.05) is 18.3 Å². The number of benzene rings is 2. The lowest BCUT2D eigenvalue weighted by atomic mass is 9.88. The summed E-state index contributed by atoms with van der Waals surface area (Å²) in [6, 6.07) is 11.9. The van der Waals surface area contributed by atoms with Crippen LogP contribution in [0.3, 0.4) is 0 Å². The number of aliphatic carboxylic acids is 1. The molecule has 9 nitrogen and oxygen atoms in total. The highest BCUT2D eigenvalue weighted by molar-refractivity contribution is 7.89. The van der Waals surface area contributed by atoms with Gasteiger partial charge in [-0.1, -0.05) is 19.9 Å². The molecule has 1 fully saturated rings. The van der Waals surface area contributed by atoms with Gasteiger partial charge in [-0.05, 0) is 84.5 Å². The molecule has 2 aromatic carbocycles. The number of halogens is 3. The molecule has 0 spiro atoms. The molecule has 0 radical (unpaired) electrons. The number of hydrogen-bond donors (Lipinski definition) is 3. The van der Waals surface area contributed by atoms with E-state index in [0.29, 0.717) is 48.5 Å². The van der Waals surface area contributed by atoms with Crippen molar-refractivity contribution in [3.63, 3.8) is 0 Å². The molecule has 1 saturated heterocycles. The van der Waals surface area contributed by atoms with Gasteiger partial charge in [0.2, 0.25) is 10.0 Å². The van der Waals surface area contributed by atoms with E-state index < -0.39 is 28.1 Å². The number of nitrogens with one attached hydrogen (secondary N) is 1. The topological polar surface area (TPSA) is 157 Å². The number of carboxylic acid groups (broad SMARTS) is 1. The number of carbonyl (C=O) groups excluding carboxylic acids is 1. The largest absolute Gasteiger partial charge is 0.490 e. The van der Waals surface area contributed by atoms with E-state index in [-0.39, 0.29) is 11.7 Å². The first-order valence-corrected chi connectivity index (χ1v) is 15.0. The fourth-order valence-corrected chi connectivity index (χ4v) is 6.22. The number of hydrogen-bond acceptors (Lipinski definition) is 5. The summed E-state index contributed by atoms with van der Waals surface area (Å²) in [7, 11) is -3.20. The second-order valence-electron chi connectivity index (χ2n) is 10.6. The summed E-state index contributed by atoms with van der Waals surface area (Å²) < 4.78 is 57.9. The van der Waals surface area contributed by atoms with Crippen molar-refractivity contribution in [3.05, 3.63) is 58.8 Å². The average molecular weight is 607 g/mol. The Morgan fingerprint density at radius 1 is 1.14 bits per heavy atom. The normalized spacial score (nSPS) is 14.8. The van der Waals surface area contributed by atoms with Gasteiger partial charge in [0.1, 0.15) is 0 Å². The summed E-state index contributed by atoms with van der Waals surface area (Å²) in [4.78, 5) is 24.5. The Bertz CT molecular complexity index is 1620. The Balaban J connectivity index is 0.000000616. The van der Waals surface area contributed by atoms with Gasteiger partial charge in [0.25, 0.3) is 5.91 Å². The average Bonchev–Trinajstić information content (AvgIpc) is 3.35. The van der Waals surface area contributed by atoms with Gasteiger partial charge in [-0.15, -0.1) is 0 Å². The van der Waals surface area contributed by atoms with Crippen LogP contribution in [0.2, 0.25) is 0 Å². The molecule has 226 valence electrons. The molecule has 0 atom stereocenters. The maximum Gasteiger partial charge on any atom is 0.490 e. The van der Waals surface area contributed by atoms with Crippen molar-refractivity contribution in [2.24, 2.45) is 11.7 Å². The number of carbonyl (C=O) groups is 2. The van der Waals surface area contributed by atoms with Crippen LogP contribution >= 0.6 is 0 Å². The number of rotatable bonds is 7.